The first-order valence-electron chi connectivity index (χ1n) is 8.86. The Labute approximate surface area is 152 Å². The van der Waals surface area contributed by atoms with Crippen LogP contribution in [0.4, 0.5) is 4.79 Å². The third-order valence-electron chi connectivity index (χ3n) is 4.91. The van der Waals surface area contributed by atoms with Crippen molar-refractivity contribution in [3.8, 4) is 0 Å². The molecule has 8 nitrogen and oxygen atoms in total. The second-order valence-corrected chi connectivity index (χ2v) is 6.64. The van der Waals surface area contributed by atoms with Gasteiger partial charge in [0.05, 0.1) is 6.61 Å². The van der Waals surface area contributed by atoms with Gasteiger partial charge in [-0.05, 0) is 17.5 Å². The summed E-state index contributed by atoms with van der Waals surface area (Å²) in [5.74, 6) is -0.357. The lowest BCUT2D eigenvalue weighted by Crippen LogP contribution is -2.48. The molecule has 1 aromatic rings. The Morgan fingerprint density at radius 2 is 1.81 bits per heavy atom. The van der Waals surface area contributed by atoms with Crippen molar-refractivity contribution in [2.24, 2.45) is 0 Å². The number of carbonyl (C=O) groups is 3. The summed E-state index contributed by atoms with van der Waals surface area (Å²) in [5.41, 5.74) is 2.04. The summed E-state index contributed by atoms with van der Waals surface area (Å²) in [6, 6.07) is 6.72. The molecule has 2 aliphatic rings. The third kappa shape index (κ3) is 4.39. The van der Waals surface area contributed by atoms with E-state index in [9.17, 15) is 19.5 Å². The van der Waals surface area contributed by atoms with Crippen LogP contribution < -0.4 is 10.6 Å². The van der Waals surface area contributed by atoms with Crippen molar-refractivity contribution in [1.29, 1.82) is 0 Å². The number of urea groups is 1. The van der Waals surface area contributed by atoms with Gasteiger partial charge in [0.1, 0.15) is 6.04 Å². The lowest BCUT2D eigenvalue weighted by molar-refractivity contribution is -0.133. The zero-order chi connectivity index (χ0) is 18.5. The first-order chi connectivity index (χ1) is 12.6. The molecule has 2 saturated heterocycles. The van der Waals surface area contributed by atoms with Gasteiger partial charge in [0.15, 0.2) is 0 Å². The molecule has 8 heteroatoms. The fourth-order valence-electron chi connectivity index (χ4n) is 3.35. The molecule has 26 heavy (non-hydrogen) atoms. The minimum Gasteiger partial charge on any atom is -0.392 e. The maximum atomic E-state index is 12.3. The van der Waals surface area contributed by atoms with Crippen LogP contribution in [0.15, 0.2) is 24.3 Å². The molecule has 0 radical (unpaired) electrons. The van der Waals surface area contributed by atoms with Gasteiger partial charge in [-0.3, -0.25) is 19.8 Å². The summed E-state index contributed by atoms with van der Waals surface area (Å²) in [5, 5.41) is 14.1. The smallest absolute Gasteiger partial charge is 0.322 e. The van der Waals surface area contributed by atoms with Gasteiger partial charge in [-0.15, -0.1) is 0 Å². The molecule has 4 amide bonds. The summed E-state index contributed by atoms with van der Waals surface area (Å²) in [6.07, 6.45) is 0.562. The molecular formula is C18H24N4O4. The highest BCUT2D eigenvalue weighted by Crippen LogP contribution is 2.14. The number of aliphatic hydroxyl groups excluding tert-OH is 1. The highest BCUT2D eigenvalue weighted by atomic mass is 16.3. The summed E-state index contributed by atoms with van der Waals surface area (Å²) < 4.78 is 0. The summed E-state index contributed by atoms with van der Waals surface area (Å²) >= 11 is 0. The van der Waals surface area contributed by atoms with Crippen LogP contribution in [0.5, 0.6) is 0 Å². The molecular weight excluding hydrogens is 336 g/mol. The predicted octanol–water partition coefficient (Wildman–Crippen LogP) is -0.189. The SMILES string of the molecule is O=C1NC(=O)C(CCC(=O)N2CCN(Cc3ccccc3CO)CC2)N1. The highest BCUT2D eigenvalue weighted by Gasteiger charge is 2.30. The Morgan fingerprint density at radius 1 is 1.12 bits per heavy atom. The Morgan fingerprint density at radius 3 is 2.42 bits per heavy atom. The number of piperazine rings is 1. The van der Waals surface area contributed by atoms with E-state index >= 15 is 0 Å². The van der Waals surface area contributed by atoms with Crippen molar-refractivity contribution in [1.82, 2.24) is 20.4 Å². The number of carbonyl (C=O) groups excluding carboxylic acids is 3. The number of rotatable bonds is 6. The Balaban J connectivity index is 1.44. The van der Waals surface area contributed by atoms with Crippen LogP contribution in [-0.4, -0.2) is 65.0 Å². The lowest BCUT2D eigenvalue weighted by Gasteiger charge is -2.35. The number of imide groups is 1. The lowest BCUT2D eigenvalue weighted by atomic mass is 10.1. The fourth-order valence-corrected chi connectivity index (χ4v) is 3.35. The Hall–Kier alpha value is -2.45. The van der Waals surface area contributed by atoms with Crippen LogP contribution in [0.1, 0.15) is 24.0 Å². The van der Waals surface area contributed by atoms with Gasteiger partial charge in [-0.1, -0.05) is 24.3 Å². The van der Waals surface area contributed by atoms with Crippen LogP contribution >= 0.6 is 0 Å². The maximum Gasteiger partial charge on any atom is 0.322 e. The highest BCUT2D eigenvalue weighted by molar-refractivity contribution is 6.04. The standard InChI is InChI=1S/C18H24N4O4/c23-12-14-4-2-1-3-13(14)11-21-7-9-22(10-8-21)16(24)6-5-15-17(25)20-18(26)19-15/h1-4,15,23H,5-12H2,(H2,19,20,25,26). The van der Waals surface area contributed by atoms with E-state index in [0.717, 1.165) is 30.8 Å². The number of aliphatic hydroxyl groups is 1. The molecule has 1 unspecified atom stereocenters. The van der Waals surface area contributed by atoms with Crippen LogP contribution in [0.25, 0.3) is 0 Å². The number of benzene rings is 1. The molecule has 1 aromatic carbocycles. The zero-order valence-corrected chi connectivity index (χ0v) is 14.6. The predicted molar refractivity (Wildman–Crippen MR) is 93.9 cm³/mol. The van der Waals surface area contributed by atoms with Gasteiger partial charge in [0.2, 0.25) is 5.91 Å². The van der Waals surface area contributed by atoms with Crippen LogP contribution in [0.2, 0.25) is 0 Å². The number of nitrogens with one attached hydrogen (secondary N) is 2. The monoisotopic (exact) mass is 360 g/mol. The number of amides is 4. The van der Waals surface area contributed by atoms with Crippen molar-refractivity contribution in [2.45, 2.75) is 32.0 Å². The van der Waals surface area contributed by atoms with Crippen molar-refractivity contribution in [3.63, 3.8) is 0 Å². The van der Waals surface area contributed by atoms with Gasteiger partial charge in [0, 0.05) is 39.1 Å². The summed E-state index contributed by atoms with van der Waals surface area (Å²) in [7, 11) is 0. The molecule has 0 aromatic heterocycles. The zero-order valence-electron chi connectivity index (χ0n) is 14.6. The van der Waals surface area contributed by atoms with Crippen molar-refractivity contribution in [3.05, 3.63) is 35.4 Å². The van der Waals surface area contributed by atoms with Gasteiger partial charge in [-0.2, -0.15) is 0 Å². The molecule has 2 heterocycles. The van der Waals surface area contributed by atoms with E-state index in [1.165, 1.54) is 0 Å². The average molecular weight is 360 g/mol. The van der Waals surface area contributed by atoms with E-state index in [1.54, 1.807) is 0 Å². The molecule has 0 bridgehead atoms. The Kier molecular flexibility index (Phi) is 5.85. The molecule has 0 saturated carbocycles. The van der Waals surface area contributed by atoms with E-state index in [0.29, 0.717) is 19.5 Å². The minimum atomic E-state index is -0.609. The topological polar surface area (TPSA) is 102 Å². The molecule has 2 fully saturated rings. The molecule has 2 aliphatic heterocycles. The van der Waals surface area contributed by atoms with Crippen LogP contribution in [0, 0.1) is 0 Å². The van der Waals surface area contributed by atoms with Crippen LogP contribution in [0.3, 0.4) is 0 Å². The van der Waals surface area contributed by atoms with Gasteiger partial charge >= 0.3 is 6.03 Å². The summed E-state index contributed by atoms with van der Waals surface area (Å²) in [6.45, 7) is 3.61. The molecule has 140 valence electrons. The summed E-state index contributed by atoms with van der Waals surface area (Å²) in [4.78, 5) is 39.0. The quantitative estimate of drug-likeness (QED) is 0.611. The molecule has 1 atom stereocenters. The first kappa shape index (κ1) is 18.3. The van der Waals surface area contributed by atoms with E-state index < -0.39 is 12.1 Å². The maximum absolute atomic E-state index is 12.3. The second-order valence-electron chi connectivity index (χ2n) is 6.64. The van der Waals surface area contributed by atoms with Crippen molar-refractivity contribution >= 4 is 17.8 Å². The van der Waals surface area contributed by atoms with Gasteiger partial charge in [0.25, 0.3) is 5.91 Å². The largest absolute Gasteiger partial charge is 0.392 e. The second kappa shape index (κ2) is 8.29. The molecule has 3 rings (SSSR count). The molecule has 3 N–H and O–H groups in total. The number of hydrogen-bond acceptors (Lipinski definition) is 5. The third-order valence-corrected chi connectivity index (χ3v) is 4.91. The van der Waals surface area contributed by atoms with E-state index in [-0.39, 0.29) is 24.8 Å². The fraction of sp³-hybridized carbons (Fsp3) is 0.500. The van der Waals surface area contributed by atoms with E-state index in [4.69, 9.17) is 0 Å². The first-order valence-corrected chi connectivity index (χ1v) is 8.86. The van der Waals surface area contributed by atoms with E-state index in [2.05, 4.69) is 15.5 Å². The van der Waals surface area contributed by atoms with Crippen LogP contribution in [-0.2, 0) is 22.7 Å². The molecule has 0 spiro atoms. The number of nitrogens with zero attached hydrogens (tertiary/aromatic N) is 2. The molecule has 0 aliphatic carbocycles. The van der Waals surface area contributed by atoms with E-state index in [1.807, 2.05) is 29.2 Å². The number of hydrogen-bond donors (Lipinski definition) is 3. The van der Waals surface area contributed by atoms with Crippen molar-refractivity contribution in [2.75, 3.05) is 26.2 Å². The minimum absolute atomic E-state index is 0.00866. The van der Waals surface area contributed by atoms with Gasteiger partial charge < -0.3 is 15.3 Å². The van der Waals surface area contributed by atoms with Gasteiger partial charge in [-0.25, -0.2) is 4.79 Å². The average Bonchev–Trinajstić information content (AvgIpc) is 2.98. The van der Waals surface area contributed by atoms with Crippen molar-refractivity contribution < 1.29 is 19.5 Å². The normalized spacial score (nSPS) is 20.8. The Bertz CT molecular complexity index is 686.